The molecule has 3 heteroatoms. The van der Waals surface area contributed by atoms with Crippen molar-refractivity contribution >= 4 is 5.97 Å². The third kappa shape index (κ3) is 3.70. The molecule has 100 valence electrons. The zero-order valence-corrected chi connectivity index (χ0v) is 11.1. The molecule has 0 aromatic carbocycles. The van der Waals surface area contributed by atoms with E-state index in [1.54, 1.807) is 0 Å². The number of hydrogen-bond donors (Lipinski definition) is 2. The van der Waals surface area contributed by atoms with E-state index in [0.29, 0.717) is 25.2 Å². The molecule has 1 aliphatic rings. The van der Waals surface area contributed by atoms with Crippen molar-refractivity contribution in [1.82, 2.24) is 0 Å². The third-order valence-electron chi connectivity index (χ3n) is 4.26. The molecule has 17 heavy (non-hydrogen) atoms. The molecule has 1 saturated carbocycles. The summed E-state index contributed by atoms with van der Waals surface area (Å²) < 4.78 is 0. The number of rotatable bonds is 5. The number of carbonyl (C=O) groups is 1. The second-order valence-electron chi connectivity index (χ2n) is 5.49. The fraction of sp³-hybridized carbons (Fsp3) is 0.929. The van der Waals surface area contributed by atoms with Crippen LogP contribution in [0.4, 0.5) is 0 Å². The van der Waals surface area contributed by atoms with Crippen LogP contribution in [-0.2, 0) is 4.79 Å². The molecule has 0 aromatic rings. The van der Waals surface area contributed by atoms with E-state index in [1.807, 2.05) is 6.92 Å². The van der Waals surface area contributed by atoms with Gasteiger partial charge < -0.3 is 10.2 Å². The molecule has 3 nitrogen and oxygen atoms in total. The second kappa shape index (κ2) is 6.39. The summed E-state index contributed by atoms with van der Waals surface area (Å²) in [6, 6.07) is 0. The minimum atomic E-state index is -0.969. The SMILES string of the molecule is CCCC1CCCC(O)(C(CC)C(=O)O)CC1. The predicted molar refractivity (Wildman–Crippen MR) is 67.8 cm³/mol. The maximum atomic E-state index is 11.2. The van der Waals surface area contributed by atoms with E-state index in [0.717, 1.165) is 19.3 Å². The standard InChI is InChI=1S/C14H26O3/c1-3-6-11-7-5-9-14(17,10-8-11)12(4-2)13(15)16/h11-12,17H,3-10H2,1-2H3,(H,15,16). The number of hydrogen-bond acceptors (Lipinski definition) is 2. The minimum Gasteiger partial charge on any atom is -0.481 e. The van der Waals surface area contributed by atoms with E-state index in [-0.39, 0.29) is 0 Å². The first-order valence-electron chi connectivity index (χ1n) is 6.98. The van der Waals surface area contributed by atoms with Gasteiger partial charge in [0.25, 0.3) is 0 Å². The Labute approximate surface area is 104 Å². The van der Waals surface area contributed by atoms with Crippen molar-refractivity contribution in [3.63, 3.8) is 0 Å². The van der Waals surface area contributed by atoms with Crippen LogP contribution >= 0.6 is 0 Å². The van der Waals surface area contributed by atoms with Gasteiger partial charge in [0.15, 0.2) is 0 Å². The predicted octanol–water partition coefficient (Wildman–Crippen LogP) is 3.21. The molecule has 0 saturated heterocycles. The van der Waals surface area contributed by atoms with E-state index in [9.17, 15) is 15.0 Å². The molecule has 0 amide bonds. The minimum absolute atomic E-state index is 0.518. The lowest BCUT2D eigenvalue weighted by Gasteiger charge is -2.32. The lowest BCUT2D eigenvalue weighted by Crippen LogP contribution is -2.41. The highest BCUT2D eigenvalue weighted by Crippen LogP contribution is 2.38. The number of aliphatic hydroxyl groups is 1. The van der Waals surface area contributed by atoms with Crippen LogP contribution in [0, 0.1) is 11.8 Å². The van der Waals surface area contributed by atoms with Gasteiger partial charge in [-0.1, -0.05) is 39.5 Å². The molecular formula is C14H26O3. The topological polar surface area (TPSA) is 57.5 Å². The molecule has 0 spiro atoms. The van der Waals surface area contributed by atoms with Crippen LogP contribution < -0.4 is 0 Å². The van der Waals surface area contributed by atoms with Gasteiger partial charge in [0, 0.05) is 0 Å². The van der Waals surface area contributed by atoms with Gasteiger partial charge >= 0.3 is 5.97 Å². The fourth-order valence-corrected chi connectivity index (χ4v) is 3.25. The molecule has 2 N–H and O–H groups in total. The molecule has 0 aromatic heterocycles. The molecular weight excluding hydrogens is 216 g/mol. The van der Waals surface area contributed by atoms with Crippen LogP contribution in [0.25, 0.3) is 0 Å². The maximum Gasteiger partial charge on any atom is 0.309 e. The van der Waals surface area contributed by atoms with E-state index >= 15 is 0 Å². The highest BCUT2D eigenvalue weighted by atomic mass is 16.4. The van der Waals surface area contributed by atoms with Crippen molar-refractivity contribution in [1.29, 1.82) is 0 Å². The van der Waals surface area contributed by atoms with Crippen LogP contribution in [0.1, 0.15) is 65.2 Å². The Morgan fingerprint density at radius 3 is 2.59 bits per heavy atom. The highest BCUT2D eigenvalue weighted by molar-refractivity contribution is 5.71. The summed E-state index contributed by atoms with van der Waals surface area (Å²) in [4.78, 5) is 11.2. The van der Waals surface area contributed by atoms with Crippen molar-refractivity contribution < 1.29 is 15.0 Å². The van der Waals surface area contributed by atoms with Gasteiger partial charge in [-0.25, -0.2) is 0 Å². The average molecular weight is 242 g/mol. The Morgan fingerprint density at radius 1 is 1.35 bits per heavy atom. The fourth-order valence-electron chi connectivity index (χ4n) is 3.25. The van der Waals surface area contributed by atoms with Crippen LogP contribution in [0.2, 0.25) is 0 Å². The first kappa shape index (κ1) is 14.5. The van der Waals surface area contributed by atoms with Gasteiger partial charge in [-0.05, 0) is 31.6 Å². The zero-order valence-electron chi connectivity index (χ0n) is 11.1. The highest BCUT2D eigenvalue weighted by Gasteiger charge is 2.41. The Balaban J connectivity index is 2.67. The van der Waals surface area contributed by atoms with Crippen LogP contribution in [-0.4, -0.2) is 21.8 Å². The molecule has 0 bridgehead atoms. The summed E-state index contributed by atoms with van der Waals surface area (Å²) in [6.45, 7) is 4.04. The lowest BCUT2D eigenvalue weighted by molar-refractivity contribution is -0.153. The summed E-state index contributed by atoms with van der Waals surface area (Å²) in [6.07, 6.45) is 7.30. The molecule has 1 fully saturated rings. The van der Waals surface area contributed by atoms with E-state index in [1.165, 1.54) is 12.8 Å². The number of carboxylic acids is 1. The Kier molecular flexibility index (Phi) is 5.44. The Bertz CT molecular complexity index is 252. The quantitative estimate of drug-likeness (QED) is 0.728. The van der Waals surface area contributed by atoms with Gasteiger partial charge in [-0.2, -0.15) is 0 Å². The largest absolute Gasteiger partial charge is 0.481 e. The second-order valence-corrected chi connectivity index (χ2v) is 5.49. The van der Waals surface area contributed by atoms with Gasteiger partial charge in [0.2, 0.25) is 0 Å². The van der Waals surface area contributed by atoms with Gasteiger partial charge in [-0.3, -0.25) is 4.79 Å². The molecule has 1 aliphatic carbocycles. The zero-order chi connectivity index (χ0) is 12.9. The van der Waals surface area contributed by atoms with E-state index < -0.39 is 17.5 Å². The molecule has 3 atom stereocenters. The first-order valence-corrected chi connectivity index (χ1v) is 6.98. The normalized spacial score (nSPS) is 31.8. The molecule has 3 unspecified atom stereocenters. The Hall–Kier alpha value is -0.570. The summed E-state index contributed by atoms with van der Waals surface area (Å²) in [5.74, 6) is -0.757. The summed E-state index contributed by atoms with van der Waals surface area (Å²) in [5.41, 5.74) is -0.969. The van der Waals surface area contributed by atoms with Gasteiger partial charge in [0.1, 0.15) is 0 Å². The Morgan fingerprint density at radius 2 is 2.06 bits per heavy atom. The van der Waals surface area contributed by atoms with Crippen molar-refractivity contribution in [2.45, 2.75) is 70.8 Å². The van der Waals surface area contributed by atoms with Crippen molar-refractivity contribution in [3.05, 3.63) is 0 Å². The van der Waals surface area contributed by atoms with Crippen molar-refractivity contribution in [3.8, 4) is 0 Å². The van der Waals surface area contributed by atoms with Crippen LogP contribution in [0.5, 0.6) is 0 Å². The van der Waals surface area contributed by atoms with Gasteiger partial charge in [0.05, 0.1) is 11.5 Å². The van der Waals surface area contributed by atoms with Crippen molar-refractivity contribution in [2.24, 2.45) is 11.8 Å². The smallest absolute Gasteiger partial charge is 0.309 e. The molecule has 0 radical (unpaired) electrons. The van der Waals surface area contributed by atoms with Crippen LogP contribution in [0.15, 0.2) is 0 Å². The average Bonchev–Trinajstić information content (AvgIpc) is 2.43. The summed E-state index contributed by atoms with van der Waals surface area (Å²) in [7, 11) is 0. The van der Waals surface area contributed by atoms with Crippen molar-refractivity contribution in [2.75, 3.05) is 0 Å². The molecule has 0 heterocycles. The molecule has 0 aliphatic heterocycles. The van der Waals surface area contributed by atoms with E-state index in [4.69, 9.17) is 0 Å². The van der Waals surface area contributed by atoms with Crippen LogP contribution in [0.3, 0.4) is 0 Å². The van der Waals surface area contributed by atoms with Gasteiger partial charge in [-0.15, -0.1) is 0 Å². The first-order chi connectivity index (χ1) is 8.03. The summed E-state index contributed by atoms with van der Waals surface area (Å²) >= 11 is 0. The molecule has 1 rings (SSSR count). The van der Waals surface area contributed by atoms with E-state index in [2.05, 4.69) is 6.92 Å². The monoisotopic (exact) mass is 242 g/mol. The third-order valence-corrected chi connectivity index (χ3v) is 4.26. The maximum absolute atomic E-state index is 11.2. The lowest BCUT2D eigenvalue weighted by atomic mass is 9.79. The summed E-state index contributed by atoms with van der Waals surface area (Å²) in [5, 5.41) is 19.8. The number of aliphatic carboxylic acids is 1. The number of carboxylic acid groups (broad SMARTS) is 1.